The summed E-state index contributed by atoms with van der Waals surface area (Å²) in [5.41, 5.74) is 1.37. The summed E-state index contributed by atoms with van der Waals surface area (Å²) in [7, 11) is 0. The summed E-state index contributed by atoms with van der Waals surface area (Å²) in [4.78, 5) is 0. The third-order valence-corrected chi connectivity index (χ3v) is 2.70. The van der Waals surface area contributed by atoms with Crippen LogP contribution in [0.1, 0.15) is 30.5 Å². The van der Waals surface area contributed by atoms with Crippen molar-refractivity contribution >= 4 is 0 Å². The van der Waals surface area contributed by atoms with E-state index in [2.05, 4.69) is 0 Å². The number of halogens is 1. The van der Waals surface area contributed by atoms with Gasteiger partial charge in [-0.1, -0.05) is 0 Å². The van der Waals surface area contributed by atoms with E-state index in [4.69, 9.17) is 10.00 Å². The summed E-state index contributed by atoms with van der Waals surface area (Å²) in [6.07, 6.45) is 0.653. The van der Waals surface area contributed by atoms with Gasteiger partial charge in [-0.05, 0) is 32.4 Å². The highest BCUT2D eigenvalue weighted by molar-refractivity contribution is 5.55. The molecule has 0 amide bonds. The second-order valence-corrected chi connectivity index (χ2v) is 4.49. The molecule has 0 saturated carbocycles. The van der Waals surface area contributed by atoms with Crippen molar-refractivity contribution in [2.75, 3.05) is 0 Å². The van der Waals surface area contributed by atoms with E-state index < -0.39 is 0 Å². The lowest BCUT2D eigenvalue weighted by atomic mass is 9.96. The van der Waals surface area contributed by atoms with Crippen LogP contribution in [-0.4, -0.2) is 5.60 Å². The third kappa shape index (κ3) is 1.46. The highest BCUT2D eigenvalue weighted by Crippen LogP contribution is 2.40. The zero-order valence-electron chi connectivity index (χ0n) is 9.02. The number of fused-ring (bicyclic) bond motifs is 1. The molecule has 0 radical (unpaired) electrons. The fraction of sp³-hybridized carbons (Fsp3) is 0.417. The number of ether oxygens (including phenoxy) is 1. The molecule has 0 atom stereocenters. The largest absolute Gasteiger partial charge is 0.486 e. The normalized spacial score (nSPS) is 16.7. The Morgan fingerprint density at radius 3 is 2.80 bits per heavy atom. The maximum absolute atomic E-state index is 13.5. The first-order chi connectivity index (χ1) is 6.94. The summed E-state index contributed by atoms with van der Waals surface area (Å²) in [5.74, 6) is 0.230. The van der Waals surface area contributed by atoms with Gasteiger partial charge in [-0.15, -0.1) is 0 Å². The number of benzene rings is 1. The number of nitriles is 1. The minimum Gasteiger partial charge on any atom is -0.486 e. The van der Waals surface area contributed by atoms with Gasteiger partial charge in [-0.2, -0.15) is 5.26 Å². The molecule has 0 aliphatic carbocycles. The SMILES string of the molecule is Cc1c(F)cc(C#N)c2c1CC(C)(C)O2. The van der Waals surface area contributed by atoms with Gasteiger partial charge in [0.1, 0.15) is 23.2 Å². The first-order valence-corrected chi connectivity index (χ1v) is 4.86. The number of rotatable bonds is 0. The van der Waals surface area contributed by atoms with E-state index in [1.54, 1.807) is 6.92 Å². The maximum Gasteiger partial charge on any atom is 0.141 e. The minimum atomic E-state index is -0.341. The summed E-state index contributed by atoms with van der Waals surface area (Å²) >= 11 is 0. The molecule has 1 aliphatic heterocycles. The Bertz CT molecular complexity index is 471. The Hall–Kier alpha value is -1.56. The average molecular weight is 205 g/mol. The van der Waals surface area contributed by atoms with Crippen LogP contribution >= 0.6 is 0 Å². The topological polar surface area (TPSA) is 33.0 Å². The van der Waals surface area contributed by atoms with Crippen molar-refractivity contribution in [3.63, 3.8) is 0 Å². The molecule has 0 aromatic heterocycles. The Morgan fingerprint density at radius 2 is 2.20 bits per heavy atom. The van der Waals surface area contributed by atoms with Crippen molar-refractivity contribution in [2.24, 2.45) is 0 Å². The molecule has 1 heterocycles. The second kappa shape index (κ2) is 2.96. The lowest BCUT2D eigenvalue weighted by Crippen LogP contribution is -2.24. The van der Waals surface area contributed by atoms with Crippen molar-refractivity contribution in [3.05, 3.63) is 28.6 Å². The predicted molar refractivity (Wildman–Crippen MR) is 54.3 cm³/mol. The molecule has 0 bridgehead atoms. The standard InChI is InChI=1S/C12H12FNO/c1-7-9-5-12(2,3)15-11(9)8(6-14)4-10(7)13/h4H,5H2,1-3H3. The van der Waals surface area contributed by atoms with Gasteiger partial charge in [0.2, 0.25) is 0 Å². The number of hydrogen-bond donors (Lipinski definition) is 0. The molecule has 2 nitrogen and oxygen atoms in total. The zero-order valence-corrected chi connectivity index (χ0v) is 9.02. The van der Waals surface area contributed by atoms with E-state index in [9.17, 15) is 4.39 Å². The van der Waals surface area contributed by atoms with Crippen molar-refractivity contribution < 1.29 is 9.13 Å². The van der Waals surface area contributed by atoms with Crippen LogP contribution < -0.4 is 4.74 Å². The van der Waals surface area contributed by atoms with E-state index >= 15 is 0 Å². The Labute approximate surface area is 88.3 Å². The minimum absolute atomic E-state index is 0.290. The first-order valence-electron chi connectivity index (χ1n) is 4.86. The molecule has 3 heteroatoms. The summed E-state index contributed by atoms with van der Waals surface area (Å²) in [6.45, 7) is 5.59. The smallest absolute Gasteiger partial charge is 0.141 e. The molecule has 0 spiro atoms. The monoisotopic (exact) mass is 205 g/mol. The van der Waals surface area contributed by atoms with Crippen LogP contribution in [0.2, 0.25) is 0 Å². The molecule has 78 valence electrons. The van der Waals surface area contributed by atoms with Crippen LogP contribution in [0.15, 0.2) is 6.07 Å². The molecule has 0 unspecified atom stereocenters. The van der Waals surface area contributed by atoms with Gasteiger partial charge in [0.25, 0.3) is 0 Å². The quantitative estimate of drug-likeness (QED) is 0.652. The van der Waals surface area contributed by atoms with Gasteiger partial charge >= 0.3 is 0 Å². The van der Waals surface area contributed by atoms with Crippen molar-refractivity contribution in [1.29, 1.82) is 5.26 Å². The highest BCUT2D eigenvalue weighted by Gasteiger charge is 2.34. The number of nitrogens with zero attached hydrogens (tertiary/aromatic N) is 1. The molecule has 1 aliphatic rings. The second-order valence-electron chi connectivity index (χ2n) is 4.49. The van der Waals surface area contributed by atoms with E-state index in [1.807, 2.05) is 19.9 Å². The van der Waals surface area contributed by atoms with Gasteiger partial charge < -0.3 is 4.74 Å². The van der Waals surface area contributed by atoms with E-state index in [0.717, 1.165) is 5.56 Å². The first kappa shape index (κ1) is 9.97. The average Bonchev–Trinajstić information content (AvgIpc) is 2.48. The molecule has 1 aromatic carbocycles. The van der Waals surface area contributed by atoms with Crippen LogP contribution in [0.25, 0.3) is 0 Å². The van der Waals surface area contributed by atoms with Crippen molar-refractivity contribution in [2.45, 2.75) is 32.8 Å². The van der Waals surface area contributed by atoms with Gasteiger partial charge in [0.15, 0.2) is 0 Å². The Morgan fingerprint density at radius 1 is 1.53 bits per heavy atom. The fourth-order valence-electron chi connectivity index (χ4n) is 1.93. The molecule has 15 heavy (non-hydrogen) atoms. The molecular formula is C12H12FNO. The lowest BCUT2D eigenvalue weighted by Gasteiger charge is -2.17. The van der Waals surface area contributed by atoms with Gasteiger partial charge in [-0.3, -0.25) is 0 Å². The fourth-order valence-corrected chi connectivity index (χ4v) is 1.93. The molecule has 0 N–H and O–H groups in total. The van der Waals surface area contributed by atoms with Gasteiger partial charge in [0.05, 0.1) is 5.56 Å². The highest BCUT2D eigenvalue weighted by atomic mass is 19.1. The summed E-state index contributed by atoms with van der Waals surface area (Å²) in [6, 6.07) is 3.21. The van der Waals surface area contributed by atoms with Crippen LogP contribution in [0.3, 0.4) is 0 Å². The third-order valence-electron chi connectivity index (χ3n) is 2.70. The molecule has 0 saturated heterocycles. The van der Waals surface area contributed by atoms with Crippen LogP contribution in [0.4, 0.5) is 4.39 Å². The Kier molecular flexibility index (Phi) is 1.97. The van der Waals surface area contributed by atoms with Crippen molar-refractivity contribution in [1.82, 2.24) is 0 Å². The van der Waals surface area contributed by atoms with E-state index in [0.29, 0.717) is 23.3 Å². The van der Waals surface area contributed by atoms with E-state index in [1.165, 1.54) is 6.07 Å². The molecule has 0 fully saturated rings. The molecule has 2 rings (SSSR count). The maximum atomic E-state index is 13.5. The lowest BCUT2D eigenvalue weighted by molar-refractivity contribution is 0.138. The molecule has 1 aromatic rings. The van der Waals surface area contributed by atoms with Crippen molar-refractivity contribution in [3.8, 4) is 11.8 Å². The zero-order chi connectivity index (χ0) is 11.2. The van der Waals surface area contributed by atoms with E-state index in [-0.39, 0.29) is 11.4 Å². The van der Waals surface area contributed by atoms with Crippen LogP contribution in [-0.2, 0) is 6.42 Å². The van der Waals surface area contributed by atoms with Crippen LogP contribution in [0.5, 0.6) is 5.75 Å². The van der Waals surface area contributed by atoms with Crippen LogP contribution in [0, 0.1) is 24.1 Å². The summed E-state index contributed by atoms with van der Waals surface area (Å²) < 4.78 is 19.1. The van der Waals surface area contributed by atoms with Gasteiger partial charge in [0, 0.05) is 12.0 Å². The predicted octanol–water partition coefficient (Wildman–Crippen LogP) is 2.72. The number of hydrogen-bond acceptors (Lipinski definition) is 2. The van der Waals surface area contributed by atoms with Gasteiger partial charge in [-0.25, -0.2) is 4.39 Å². The molecular weight excluding hydrogens is 193 g/mol. The Balaban J connectivity index is 2.67. The summed E-state index contributed by atoms with van der Waals surface area (Å²) in [5, 5.41) is 8.89.